The maximum absolute atomic E-state index is 4.69. The van der Waals surface area contributed by atoms with E-state index in [0.717, 1.165) is 70.1 Å². The van der Waals surface area contributed by atoms with Gasteiger partial charge < -0.3 is 4.98 Å². The number of aryl methyl sites for hydroxylation is 1. The highest BCUT2D eigenvalue weighted by atomic mass is 15.2. The lowest BCUT2D eigenvalue weighted by Gasteiger charge is -2.15. The number of hydrogen-bond acceptors (Lipinski definition) is 4. The van der Waals surface area contributed by atoms with E-state index in [1.54, 1.807) is 0 Å². The summed E-state index contributed by atoms with van der Waals surface area (Å²) in [5.74, 6) is 0. The van der Waals surface area contributed by atoms with Crippen molar-refractivity contribution in [3.63, 3.8) is 0 Å². The predicted molar refractivity (Wildman–Crippen MR) is 162 cm³/mol. The third-order valence-corrected chi connectivity index (χ3v) is 7.23. The average Bonchev–Trinajstić information content (AvgIpc) is 3.72. The van der Waals surface area contributed by atoms with Crippen LogP contribution in [0.5, 0.6) is 0 Å². The Kier molecular flexibility index (Phi) is 8.13. The summed E-state index contributed by atoms with van der Waals surface area (Å²) in [6.07, 6.45) is 18.8. The molecule has 5 rings (SSSR count). The van der Waals surface area contributed by atoms with Gasteiger partial charge in [0.1, 0.15) is 0 Å². The molecule has 39 heavy (non-hydrogen) atoms. The summed E-state index contributed by atoms with van der Waals surface area (Å²) in [4.78, 5) is 15.4. The van der Waals surface area contributed by atoms with Gasteiger partial charge in [-0.25, -0.2) is 4.98 Å². The first-order chi connectivity index (χ1) is 19.1. The summed E-state index contributed by atoms with van der Waals surface area (Å²) in [6.45, 7) is 13.5. The zero-order valence-corrected chi connectivity index (χ0v) is 23.0. The van der Waals surface area contributed by atoms with Gasteiger partial charge in [-0.05, 0) is 82.1 Å². The van der Waals surface area contributed by atoms with Gasteiger partial charge in [0.15, 0.2) is 5.65 Å². The fraction of sp³-hybridized carbons (Fsp3) is 0.242. The van der Waals surface area contributed by atoms with E-state index in [4.69, 9.17) is 4.98 Å². The number of aromatic amines is 2. The Bertz CT molecular complexity index is 1570. The molecule has 1 aliphatic rings. The molecule has 198 valence electrons. The van der Waals surface area contributed by atoms with Crippen molar-refractivity contribution in [3.8, 4) is 11.4 Å². The molecule has 0 aromatic carbocycles. The molecule has 4 aromatic heterocycles. The van der Waals surface area contributed by atoms with Crippen LogP contribution >= 0.6 is 0 Å². The van der Waals surface area contributed by atoms with Gasteiger partial charge in [-0.1, -0.05) is 49.1 Å². The average molecular weight is 517 g/mol. The van der Waals surface area contributed by atoms with E-state index >= 15 is 0 Å². The minimum Gasteiger partial charge on any atom is -0.357 e. The number of allylic oxidation sites excluding steroid dienone is 6. The number of hydrogen-bond donors (Lipinski definition) is 2. The molecule has 4 aromatic rings. The third kappa shape index (κ3) is 5.76. The second-order valence-corrected chi connectivity index (χ2v) is 9.89. The minimum absolute atomic E-state index is 0.692. The maximum atomic E-state index is 4.69. The first kappa shape index (κ1) is 26.3. The molecular formula is C33H36N6. The Hall–Kier alpha value is -4.29. The Morgan fingerprint density at radius 3 is 2.69 bits per heavy atom. The Labute approximate surface area is 230 Å². The van der Waals surface area contributed by atoms with Crippen molar-refractivity contribution in [2.45, 2.75) is 33.6 Å². The van der Waals surface area contributed by atoms with E-state index in [-0.39, 0.29) is 0 Å². The summed E-state index contributed by atoms with van der Waals surface area (Å²) in [7, 11) is 0. The molecule has 1 aliphatic heterocycles. The van der Waals surface area contributed by atoms with Gasteiger partial charge in [0, 0.05) is 46.7 Å². The maximum Gasteiger partial charge on any atom is 0.181 e. The molecule has 2 N–H and O–H groups in total. The van der Waals surface area contributed by atoms with Gasteiger partial charge in [0.25, 0.3) is 0 Å². The molecule has 6 nitrogen and oxygen atoms in total. The van der Waals surface area contributed by atoms with Gasteiger partial charge in [-0.3, -0.25) is 15.0 Å². The van der Waals surface area contributed by atoms with Crippen LogP contribution in [0.3, 0.4) is 0 Å². The van der Waals surface area contributed by atoms with Crippen molar-refractivity contribution in [2.75, 3.05) is 19.6 Å². The highest BCUT2D eigenvalue weighted by Gasteiger charge is 2.17. The van der Waals surface area contributed by atoms with E-state index in [1.165, 1.54) is 18.4 Å². The molecule has 0 aliphatic carbocycles. The van der Waals surface area contributed by atoms with Gasteiger partial charge >= 0.3 is 0 Å². The summed E-state index contributed by atoms with van der Waals surface area (Å²) in [6, 6.07) is 10.3. The summed E-state index contributed by atoms with van der Waals surface area (Å²) in [5.41, 5.74) is 10.1. The van der Waals surface area contributed by atoms with Crippen molar-refractivity contribution in [1.29, 1.82) is 0 Å². The number of nitrogens with one attached hydrogen (secondary N) is 2. The number of H-pyrrole nitrogens is 2. The molecule has 6 heteroatoms. The van der Waals surface area contributed by atoms with Crippen molar-refractivity contribution < 1.29 is 0 Å². The van der Waals surface area contributed by atoms with Gasteiger partial charge in [0.2, 0.25) is 0 Å². The lowest BCUT2D eigenvalue weighted by atomic mass is 10.0. The van der Waals surface area contributed by atoms with E-state index in [9.17, 15) is 0 Å². The SMILES string of the molecule is C=C/C(=C\C(=C/C)c1cnc2n[nH]c(-c3cc(/C(=C\C=C/C)c4ccccn4)c(C)[nH]3)c2c1)CN1CCCC1. The Morgan fingerprint density at radius 1 is 1.13 bits per heavy atom. The number of fused-ring (bicyclic) bond motifs is 1. The fourth-order valence-electron chi connectivity index (χ4n) is 5.16. The van der Waals surface area contributed by atoms with Crippen LogP contribution in [0.15, 0.2) is 91.3 Å². The molecule has 1 saturated heterocycles. The predicted octanol–water partition coefficient (Wildman–Crippen LogP) is 7.28. The molecule has 0 amide bonds. The van der Waals surface area contributed by atoms with Crippen LogP contribution in [0, 0.1) is 6.92 Å². The Balaban J connectivity index is 1.51. The number of nitrogens with zero attached hydrogens (tertiary/aromatic N) is 4. The zero-order valence-electron chi connectivity index (χ0n) is 23.0. The molecule has 0 bridgehead atoms. The topological polar surface area (TPSA) is 73.5 Å². The molecule has 0 radical (unpaired) electrons. The quantitative estimate of drug-likeness (QED) is 0.229. The molecule has 1 fully saturated rings. The lowest BCUT2D eigenvalue weighted by molar-refractivity contribution is 0.371. The number of likely N-dealkylation sites (tertiary alicyclic amines) is 1. The van der Waals surface area contributed by atoms with Crippen LogP contribution in [-0.2, 0) is 0 Å². The third-order valence-electron chi connectivity index (χ3n) is 7.23. The zero-order chi connectivity index (χ0) is 27.2. The van der Waals surface area contributed by atoms with Gasteiger partial charge in [0.05, 0.1) is 17.1 Å². The van der Waals surface area contributed by atoms with Crippen LogP contribution < -0.4 is 0 Å². The van der Waals surface area contributed by atoms with Gasteiger partial charge in [-0.2, -0.15) is 5.10 Å². The van der Waals surface area contributed by atoms with E-state index in [1.807, 2.05) is 55.7 Å². The first-order valence-corrected chi connectivity index (χ1v) is 13.6. The Morgan fingerprint density at radius 2 is 1.97 bits per heavy atom. The molecule has 0 unspecified atom stereocenters. The van der Waals surface area contributed by atoms with Crippen LogP contribution in [0.25, 0.3) is 33.6 Å². The van der Waals surface area contributed by atoms with Crippen molar-refractivity contribution in [2.24, 2.45) is 0 Å². The molecule has 0 spiro atoms. The molecular weight excluding hydrogens is 480 g/mol. The van der Waals surface area contributed by atoms with Crippen LogP contribution in [0.1, 0.15) is 49.2 Å². The normalized spacial score (nSPS) is 15.6. The van der Waals surface area contributed by atoms with E-state index < -0.39 is 0 Å². The smallest absolute Gasteiger partial charge is 0.181 e. The summed E-state index contributed by atoms with van der Waals surface area (Å²) < 4.78 is 0. The minimum atomic E-state index is 0.692. The van der Waals surface area contributed by atoms with Crippen LogP contribution in [0.2, 0.25) is 0 Å². The largest absolute Gasteiger partial charge is 0.357 e. The second kappa shape index (κ2) is 12.0. The second-order valence-electron chi connectivity index (χ2n) is 9.89. The number of pyridine rings is 2. The monoisotopic (exact) mass is 516 g/mol. The lowest BCUT2D eigenvalue weighted by Crippen LogP contribution is -2.21. The van der Waals surface area contributed by atoms with Crippen molar-refractivity contribution >= 4 is 22.2 Å². The number of rotatable bonds is 9. The highest BCUT2D eigenvalue weighted by molar-refractivity contribution is 5.94. The molecule has 5 heterocycles. The molecule has 0 saturated carbocycles. The highest BCUT2D eigenvalue weighted by Crippen LogP contribution is 2.33. The van der Waals surface area contributed by atoms with Crippen molar-refractivity contribution in [1.82, 2.24) is 30.0 Å². The molecule has 0 atom stereocenters. The van der Waals surface area contributed by atoms with Crippen molar-refractivity contribution in [3.05, 3.63) is 114 Å². The number of aromatic nitrogens is 5. The van der Waals surface area contributed by atoms with E-state index in [0.29, 0.717) is 5.65 Å². The van der Waals surface area contributed by atoms with Crippen LogP contribution in [0.4, 0.5) is 0 Å². The first-order valence-electron chi connectivity index (χ1n) is 13.6. The fourth-order valence-corrected chi connectivity index (χ4v) is 5.16. The summed E-state index contributed by atoms with van der Waals surface area (Å²) in [5, 5.41) is 8.71. The van der Waals surface area contributed by atoms with E-state index in [2.05, 4.69) is 75.9 Å². The summed E-state index contributed by atoms with van der Waals surface area (Å²) >= 11 is 0. The van der Waals surface area contributed by atoms with Crippen LogP contribution in [-0.4, -0.2) is 49.7 Å². The van der Waals surface area contributed by atoms with Gasteiger partial charge in [-0.15, -0.1) is 0 Å². The standard InChI is InChI=1S/C33H36N6/c1-5-8-13-27(30-14-9-10-15-34-30)28-20-31(36-23(28)4)32-29-19-26(21-35-33(29)38-37-32)25(7-3)18-24(6-2)22-39-16-11-12-17-39/h5-10,13-15,18-21,36H,2,11-12,16-17,22H2,1,3-4H3,(H,35,37,38)/b8-5-,24-18+,25-7+,27-13+.